The summed E-state index contributed by atoms with van der Waals surface area (Å²) in [6.45, 7) is 1.97. The maximum atomic E-state index is 11.8. The minimum Gasteiger partial charge on any atom is -0.467 e. The zero-order valence-corrected chi connectivity index (χ0v) is 9.47. The third-order valence-electron chi connectivity index (χ3n) is 2.34. The highest BCUT2D eigenvalue weighted by Crippen LogP contribution is 2.13. The Morgan fingerprint density at radius 2 is 2.12 bits per heavy atom. The number of ether oxygens (including phenoxy) is 1. The summed E-state index contributed by atoms with van der Waals surface area (Å²) in [6, 6.07) is 7.91. The van der Waals surface area contributed by atoms with Gasteiger partial charge in [0.2, 0.25) is 0 Å². The van der Waals surface area contributed by atoms with Crippen LogP contribution in [-0.2, 0) is 7.05 Å². The minimum absolute atomic E-state index is 0.220. The highest BCUT2D eigenvalue weighted by atomic mass is 16.5. The van der Waals surface area contributed by atoms with Crippen molar-refractivity contribution >= 4 is 0 Å². The summed E-state index contributed by atoms with van der Waals surface area (Å²) in [5.74, 6) is 0. The van der Waals surface area contributed by atoms with E-state index < -0.39 is 0 Å². The summed E-state index contributed by atoms with van der Waals surface area (Å²) < 4.78 is 7.76. The van der Waals surface area contributed by atoms with Crippen LogP contribution in [0.5, 0.6) is 6.01 Å². The van der Waals surface area contributed by atoms with Gasteiger partial charge in [0.1, 0.15) is 0 Å². The van der Waals surface area contributed by atoms with Crippen LogP contribution in [0.15, 0.2) is 29.1 Å². The summed E-state index contributed by atoms with van der Waals surface area (Å²) in [4.78, 5) is 11.8. The van der Waals surface area contributed by atoms with Crippen molar-refractivity contribution in [2.45, 2.75) is 6.92 Å². The second-order valence-corrected chi connectivity index (χ2v) is 3.57. The number of hydrogen-bond acceptors (Lipinski definition) is 3. The number of rotatable bonds is 2. The van der Waals surface area contributed by atoms with Crippen molar-refractivity contribution in [3.05, 3.63) is 40.3 Å². The van der Waals surface area contributed by atoms with Gasteiger partial charge in [-0.25, -0.2) is 14.0 Å². The lowest BCUT2D eigenvalue weighted by atomic mass is 10.2. The average molecular weight is 219 g/mol. The zero-order chi connectivity index (χ0) is 11.7. The molecule has 0 saturated carbocycles. The smallest absolute Gasteiger partial charge is 0.353 e. The lowest BCUT2D eigenvalue weighted by Crippen LogP contribution is -2.21. The molecule has 5 nitrogen and oxygen atoms in total. The fourth-order valence-electron chi connectivity index (χ4n) is 1.56. The van der Waals surface area contributed by atoms with Crippen LogP contribution in [0.25, 0.3) is 5.69 Å². The molecule has 0 N–H and O–H groups in total. The molecule has 1 aromatic carbocycles. The molecule has 1 aromatic heterocycles. The van der Waals surface area contributed by atoms with E-state index in [1.54, 1.807) is 7.05 Å². The number of methoxy groups -OCH3 is 1. The van der Waals surface area contributed by atoms with Gasteiger partial charge in [-0.15, -0.1) is 5.10 Å². The van der Waals surface area contributed by atoms with Crippen molar-refractivity contribution in [3.8, 4) is 11.7 Å². The van der Waals surface area contributed by atoms with Gasteiger partial charge in [-0.05, 0) is 24.6 Å². The standard InChI is InChI=1S/C11H13N3O2/c1-8-5-4-6-9(7-8)14-10(16-3)12-13(2)11(14)15/h4-7H,1-3H3. The lowest BCUT2D eigenvalue weighted by molar-refractivity contribution is 0.368. The molecule has 0 aliphatic heterocycles. The normalized spacial score (nSPS) is 10.4. The number of aryl methyl sites for hydroxylation is 2. The molecule has 2 rings (SSSR count). The van der Waals surface area contributed by atoms with Crippen LogP contribution in [0.3, 0.4) is 0 Å². The van der Waals surface area contributed by atoms with Crippen molar-refractivity contribution in [2.24, 2.45) is 7.05 Å². The van der Waals surface area contributed by atoms with Crippen LogP contribution in [0.1, 0.15) is 5.56 Å². The second kappa shape index (κ2) is 3.84. The predicted molar refractivity (Wildman–Crippen MR) is 60.1 cm³/mol. The van der Waals surface area contributed by atoms with Gasteiger partial charge in [-0.3, -0.25) is 0 Å². The summed E-state index contributed by atoms with van der Waals surface area (Å²) in [6.07, 6.45) is 0. The Balaban J connectivity index is 2.68. The summed E-state index contributed by atoms with van der Waals surface area (Å²) in [5.41, 5.74) is 1.62. The van der Waals surface area contributed by atoms with Crippen LogP contribution >= 0.6 is 0 Å². The molecule has 2 aromatic rings. The molecule has 84 valence electrons. The fraction of sp³-hybridized carbons (Fsp3) is 0.273. The van der Waals surface area contributed by atoms with Crippen molar-refractivity contribution in [2.75, 3.05) is 7.11 Å². The highest BCUT2D eigenvalue weighted by Gasteiger charge is 2.12. The molecule has 16 heavy (non-hydrogen) atoms. The molecule has 0 saturated heterocycles. The average Bonchev–Trinajstić information content (AvgIpc) is 2.55. The van der Waals surface area contributed by atoms with E-state index in [1.807, 2.05) is 31.2 Å². The molecule has 0 fully saturated rings. The maximum absolute atomic E-state index is 11.8. The Labute approximate surface area is 92.9 Å². The number of nitrogens with zero attached hydrogens (tertiary/aromatic N) is 3. The van der Waals surface area contributed by atoms with Crippen molar-refractivity contribution in [3.63, 3.8) is 0 Å². The molecule has 5 heteroatoms. The second-order valence-electron chi connectivity index (χ2n) is 3.57. The molecule has 0 unspecified atom stereocenters. The molecule has 1 heterocycles. The number of aromatic nitrogens is 3. The quantitative estimate of drug-likeness (QED) is 0.753. The fourth-order valence-corrected chi connectivity index (χ4v) is 1.56. The highest BCUT2D eigenvalue weighted by molar-refractivity contribution is 5.37. The van der Waals surface area contributed by atoms with Gasteiger partial charge >= 0.3 is 11.7 Å². The third-order valence-corrected chi connectivity index (χ3v) is 2.34. The van der Waals surface area contributed by atoms with Gasteiger partial charge < -0.3 is 4.74 Å². The van der Waals surface area contributed by atoms with E-state index in [1.165, 1.54) is 16.4 Å². The Morgan fingerprint density at radius 1 is 1.38 bits per heavy atom. The van der Waals surface area contributed by atoms with Crippen molar-refractivity contribution < 1.29 is 4.74 Å². The monoisotopic (exact) mass is 219 g/mol. The van der Waals surface area contributed by atoms with Crippen molar-refractivity contribution in [1.29, 1.82) is 0 Å². The first-order valence-electron chi connectivity index (χ1n) is 4.90. The van der Waals surface area contributed by atoms with Gasteiger partial charge in [0.15, 0.2) is 0 Å². The summed E-state index contributed by atoms with van der Waals surface area (Å²) in [5, 5.41) is 3.98. The number of benzene rings is 1. The zero-order valence-electron chi connectivity index (χ0n) is 9.47. The van der Waals surface area contributed by atoms with E-state index in [0.717, 1.165) is 11.3 Å². The first kappa shape index (κ1) is 10.5. The maximum Gasteiger partial charge on any atom is 0.353 e. The molecule has 0 radical (unpaired) electrons. The third kappa shape index (κ3) is 1.60. The van der Waals surface area contributed by atoms with Gasteiger partial charge in [-0.1, -0.05) is 12.1 Å². The van der Waals surface area contributed by atoms with Gasteiger partial charge in [0.25, 0.3) is 0 Å². The van der Waals surface area contributed by atoms with Crippen LogP contribution < -0.4 is 10.4 Å². The topological polar surface area (TPSA) is 49.1 Å². The molecule has 0 bridgehead atoms. The SMILES string of the molecule is COc1nn(C)c(=O)n1-c1cccc(C)c1. The van der Waals surface area contributed by atoms with E-state index >= 15 is 0 Å². The van der Waals surface area contributed by atoms with E-state index in [-0.39, 0.29) is 11.7 Å². The summed E-state index contributed by atoms with van der Waals surface area (Å²) >= 11 is 0. The van der Waals surface area contributed by atoms with Crippen LogP contribution in [0.2, 0.25) is 0 Å². The van der Waals surface area contributed by atoms with Crippen LogP contribution in [0, 0.1) is 6.92 Å². The molecule has 0 aliphatic carbocycles. The van der Waals surface area contributed by atoms with E-state index in [0.29, 0.717) is 0 Å². The lowest BCUT2D eigenvalue weighted by Gasteiger charge is -2.04. The Morgan fingerprint density at radius 3 is 2.75 bits per heavy atom. The Bertz CT molecular complexity index is 569. The Kier molecular flexibility index (Phi) is 2.52. The van der Waals surface area contributed by atoms with Gasteiger partial charge in [-0.2, -0.15) is 0 Å². The first-order valence-corrected chi connectivity index (χ1v) is 4.90. The molecular weight excluding hydrogens is 206 g/mol. The van der Waals surface area contributed by atoms with Crippen LogP contribution in [0.4, 0.5) is 0 Å². The van der Waals surface area contributed by atoms with E-state index in [2.05, 4.69) is 5.10 Å². The van der Waals surface area contributed by atoms with Crippen molar-refractivity contribution in [1.82, 2.24) is 14.3 Å². The molecular formula is C11H13N3O2. The summed E-state index contributed by atoms with van der Waals surface area (Å²) in [7, 11) is 3.09. The predicted octanol–water partition coefficient (Wildman–Crippen LogP) is 0.888. The van der Waals surface area contributed by atoms with E-state index in [9.17, 15) is 4.79 Å². The van der Waals surface area contributed by atoms with E-state index in [4.69, 9.17) is 4.74 Å². The Hall–Kier alpha value is -2.04. The minimum atomic E-state index is -0.220. The molecule has 0 spiro atoms. The van der Waals surface area contributed by atoms with Gasteiger partial charge in [0.05, 0.1) is 12.8 Å². The molecule has 0 aliphatic rings. The van der Waals surface area contributed by atoms with Crippen LogP contribution in [-0.4, -0.2) is 21.5 Å². The molecule has 0 atom stereocenters. The largest absolute Gasteiger partial charge is 0.467 e. The number of hydrogen-bond donors (Lipinski definition) is 0. The first-order chi connectivity index (χ1) is 7.63. The molecule has 0 amide bonds. The van der Waals surface area contributed by atoms with Gasteiger partial charge in [0, 0.05) is 7.05 Å².